The summed E-state index contributed by atoms with van der Waals surface area (Å²) in [5.41, 5.74) is 0.0624. The number of halogens is 3. The van der Waals surface area contributed by atoms with Crippen molar-refractivity contribution in [3.8, 4) is 0 Å². The third-order valence-electron chi connectivity index (χ3n) is 4.76. The predicted molar refractivity (Wildman–Crippen MR) is 98.7 cm³/mol. The highest BCUT2D eigenvalue weighted by molar-refractivity contribution is 5.92. The molecular weight excluding hydrogens is 387 g/mol. The zero-order chi connectivity index (χ0) is 21.0. The fraction of sp³-hybridized carbons (Fsp3) is 0.474. The number of benzene rings is 1. The number of rotatable bonds is 6. The lowest BCUT2D eigenvalue weighted by atomic mass is 10.0. The summed E-state index contributed by atoms with van der Waals surface area (Å²) >= 11 is 0. The molecule has 156 valence electrons. The standard InChI is InChI=1S/C19H22F3N5O2/c1-13-23-25-27(24-13)11-15-10-16(19(20,21)22)7-5-14(15)6-8-18(28)26-9-3-4-17(26)12-29-2/h5-8,10,17H,3-4,9,11-12H2,1-2H3/b8-6+/t17-/m0/s1. The molecule has 0 saturated carbocycles. The van der Waals surface area contributed by atoms with Crippen molar-refractivity contribution in [3.05, 3.63) is 46.8 Å². The van der Waals surface area contributed by atoms with Crippen molar-refractivity contribution >= 4 is 12.0 Å². The first kappa shape index (κ1) is 21.0. The summed E-state index contributed by atoms with van der Waals surface area (Å²) in [5.74, 6) is 0.229. The molecular formula is C19H22F3N5O2. The molecule has 1 saturated heterocycles. The normalized spacial score (nSPS) is 17.4. The second kappa shape index (κ2) is 8.73. The van der Waals surface area contributed by atoms with Gasteiger partial charge in [0.2, 0.25) is 5.91 Å². The molecule has 10 heteroatoms. The van der Waals surface area contributed by atoms with Gasteiger partial charge < -0.3 is 9.64 Å². The number of likely N-dealkylation sites (tertiary alicyclic amines) is 1. The molecule has 2 heterocycles. The van der Waals surface area contributed by atoms with Crippen LogP contribution in [0, 0.1) is 6.92 Å². The minimum Gasteiger partial charge on any atom is -0.383 e. The molecule has 2 aromatic rings. The summed E-state index contributed by atoms with van der Waals surface area (Å²) in [5, 5.41) is 11.6. The maximum absolute atomic E-state index is 13.1. The Morgan fingerprint density at radius 1 is 1.38 bits per heavy atom. The van der Waals surface area contributed by atoms with Crippen LogP contribution >= 0.6 is 0 Å². The molecule has 1 fully saturated rings. The highest BCUT2D eigenvalue weighted by Crippen LogP contribution is 2.31. The molecule has 7 nitrogen and oxygen atoms in total. The summed E-state index contributed by atoms with van der Waals surface area (Å²) in [6, 6.07) is 3.41. The van der Waals surface area contributed by atoms with Gasteiger partial charge in [-0.3, -0.25) is 4.79 Å². The fourth-order valence-electron chi connectivity index (χ4n) is 3.37. The Hall–Kier alpha value is -2.75. The third-order valence-corrected chi connectivity index (χ3v) is 4.76. The van der Waals surface area contributed by atoms with Gasteiger partial charge in [0.25, 0.3) is 0 Å². The molecule has 0 N–H and O–H groups in total. The average Bonchev–Trinajstić information content (AvgIpc) is 3.29. The lowest BCUT2D eigenvalue weighted by Gasteiger charge is -2.22. The first-order valence-electron chi connectivity index (χ1n) is 9.20. The smallest absolute Gasteiger partial charge is 0.383 e. The van der Waals surface area contributed by atoms with Crippen molar-refractivity contribution in [2.24, 2.45) is 0 Å². The van der Waals surface area contributed by atoms with Crippen LogP contribution in [0.1, 0.15) is 35.4 Å². The van der Waals surface area contributed by atoms with Crippen LogP contribution in [0.4, 0.5) is 13.2 Å². The van der Waals surface area contributed by atoms with Crippen LogP contribution in [0.2, 0.25) is 0 Å². The minimum atomic E-state index is -4.47. The average molecular weight is 409 g/mol. The summed E-state index contributed by atoms with van der Waals surface area (Å²) in [7, 11) is 1.59. The lowest BCUT2D eigenvalue weighted by Crippen LogP contribution is -2.36. The van der Waals surface area contributed by atoms with Crippen LogP contribution < -0.4 is 0 Å². The van der Waals surface area contributed by atoms with E-state index in [4.69, 9.17) is 4.74 Å². The van der Waals surface area contributed by atoms with E-state index in [1.165, 1.54) is 23.0 Å². The van der Waals surface area contributed by atoms with Crippen molar-refractivity contribution in [1.82, 2.24) is 25.1 Å². The highest BCUT2D eigenvalue weighted by atomic mass is 19.4. The van der Waals surface area contributed by atoms with Gasteiger partial charge in [0, 0.05) is 19.7 Å². The van der Waals surface area contributed by atoms with Gasteiger partial charge in [-0.15, -0.1) is 10.2 Å². The Morgan fingerprint density at radius 3 is 2.83 bits per heavy atom. The minimum absolute atomic E-state index is 0.00857. The summed E-state index contributed by atoms with van der Waals surface area (Å²) < 4.78 is 44.6. The van der Waals surface area contributed by atoms with E-state index in [0.717, 1.165) is 25.0 Å². The van der Waals surface area contributed by atoms with Crippen LogP contribution in [-0.4, -0.2) is 57.3 Å². The van der Waals surface area contributed by atoms with E-state index in [2.05, 4.69) is 15.4 Å². The van der Waals surface area contributed by atoms with Crippen LogP contribution in [0.25, 0.3) is 6.08 Å². The molecule has 0 aliphatic carbocycles. The van der Waals surface area contributed by atoms with E-state index in [-0.39, 0.29) is 18.5 Å². The van der Waals surface area contributed by atoms with Crippen molar-refractivity contribution in [2.75, 3.05) is 20.3 Å². The SMILES string of the molecule is COC[C@@H]1CCCN1C(=O)/C=C/c1ccc(C(F)(F)F)cc1Cn1nnc(C)n1. The zero-order valence-electron chi connectivity index (χ0n) is 16.2. The molecule has 1 aliphatic heterocycles. The Bertz CT molecular complexity index is 894. The van der Waals surface area contributed by atoms with Gasteiger partial charge in [-0.25, -0.2) is 0 Å². The third kappa shape index (κ3) is 5.20. The molecule has 1 atom stereocenters. The van der Waals surface area contributed by atoms with E-state index in [9.17, 15) is 18.0 Å². The molecule has 0 unspecified atom stereocenters. The van der Waals surface area contributed by atoms with E-state index in [1.807, 2.05) is 0 Å². The number of ether oxygens (including phenoxy) is 1. The van der Waals surface area contributed by atoms with E-state index in [0.29, 0.717) is 30.1 Å². The monoisotopic (exact) mass is 409 g/mol. The Morgan fingerprint density at radius 2 is 2.17 bits per heavy atom. The molecule has 1 aromatic heterocycles. The Labute approximate surface area is 166 Å². The number of tetrazole rings is 1. The molecule has 0 bridgehead atoms. The van der Waals surface area contributed by atoms with Gasteiger partial charge in [0.05, 0.1) is 24.8 Å². The van der Waals surface area contributed by atoms with Gasteiger partial charge in [-0.2, -0.15) is 18.0 Å². The number of nitrogens with zero attached hydrogens (tertiary/aromatic N) is 5. The van der Waals surface area contributed by atoms with Gasteiger partial charge in [0.15, 0.2) is 5.82 Å². The van der Waals surface area contributed by atoms with Crippen LogP contribution in [-0.2, 0) is 22.3 Å². The number of carbonyl (C=O) groups is 1. The van der Waals surface area contributed by atoms with Gasteiger partial charge in [-0.05, 0) is 54.3 Å². The lowest BCUT2D eigenvalue weighted by molar-refractivity contribution is -0.137. The first-order valence-corrected chi connectivity index (χ1v) is 9.20. The number of carbonyl (C=O) groups excluding carboxylic acids is 1. The van der Waals surface area contributed by atoms with Crippen LogP contribution in [0.15, 0.2) is 24.3 Å². The van der Waals surface area contributed by atoms with E-state index < -0.39 is 11.7 Å². The van der Waals surface area contributed by atoms with Gasteiger partial charge in [0.1, 0.15) is 0 Å². The number of hydrogen-bond donors (Lipinski definition) is 0. The second-order valence-electron chi connectivity index (χ2n) is 6.89. The molecule has 1 aliphatic rings. The van der Waals surface area contributed by atoms with Crippen LogP contribution in [0.5, 0.6) is 0 Å². The second-order valence-corrected chi connectivity index (χ2v) is 6.89. The van der Waals surface area contributed by atoms with Crippen molar-refractivity contribution in [3.63, 3.8) is 0 Å². The molecule has 1 amide bonds. The van der Waals surface area contributed by atoms with Gasteiger partial charge in [-0.1, -0.05) is 6.07 Å². The molecule has 29 heavy (non-hydrogen) atoms. The largest absolute Gasteiger partial charge is 0.416 e. The molecule has 1 aromatic carbocycles. The summed E-state index contributed by atoms with van der Waals surface area (Å²) in [4.78, 5) is 15.5. The van der Waals surface area contributed by atoms with E-state index >= 15 is 0 Å². The number of aryl methyl sites for hydroxylation is 1. The topological polar surface area (TPSA) is 73.1 Å². The Balaban J connectivity index is 1.85. The fourth-order valence-corrected chi connectivity index (χ4v) is 3.37. The van der Waals surface area contributed by atoms with Crippen molar-refractivity contribution in [1.29, 1.82) is 0 Å². The quantitative estimate of drug-likeness (QED) is 0.686. The molecule has 0 spiro atoms. The van der Waals surface area contributed by atoms with Gasteiger partial charge >= 0.3 is 6.18 Å². The molecule has 0 radical (unpaired) electrons. The predicted octanol–water partition coefficient (Wildman–Crippen LogP) is 2.70. The number of alkyl halides is 3. The molecule has 3 rings (SSSR count). The first-order chi connectivity index (χ1) is 13.8. The van der Waals surface area contributed by atoms with Crippen LogP contribution in [0.3, 0.4) is 0 Å². The highest BCUT2D eigenvalue weighted by Gasteiger charge is 2.31. The number of amides is 1. The number of methoxy groups -OCH3 is 1. The van der Waals surface area contributed by atoms with E-state index in [1.54, 1.807) is 18.9 Å². The number of aromatic nitrogens is 4. The zero-order valence-corrected chi connectivity index (χ0v) is 16.2. The maximum atomic E-state index is 13.1. The summed E-state index contributed by atoms with van der Waals surface area (Å²) in [6.45, 7) is 2.75. The van der Waals surface area contributed by atoms with Crippen molar-refractivity contribution in [2.45, 2.75) is 38.5 Å². The van der Waals surface area contributed by atoms with Crippen molar-refractivity contribution < 1.29 is 22.7 Å². The Kier molecular flexibility index (Phi) is 6.31. The summed E-state index contributed by atoms with van der Waals surface area (Å²) in [6.07, 6.45) is 0.220. The maximum Gasteiger partial charge on any atom is 0.416 e. The number of hydrogen-bond acceptors (Lipinski definition) is 5.